The number of carbonyl (C=O) groups is 2. The van der Waals surface area contributed by atoms with Crippen molar-refractivity contribution >= 4 is 35.2 Å². The van der Waals surface area contributed by atoms with Gasteiger partial charge in [0, 0.05) is 16.8 Å². The average Bonchev–Trinajstić information content (AvgIpc) is 3.44. The fraction of sp³-hybridized carbons (Fsp3) is 0.143. The average molecular weight is 532 g/mol. The van der Waals surface area contributed by atoms with Crippen molar-refractivity contribution in [1.82, 2.24) is 10.2 Å². The van der Waals surface area contributed by atoms with Crippen LogP contribution in [0.3, 0.4) is 0 Å². The summed E-state index contributed by atoms with van der Waals surface area (Å²) in [4.78, 5) is 25.0. The zero-order valence-corrected chi connectivity index (χ0v) is 21.8. The van der Waals surface area contributed by atoms with Crippen molar-refractivity contribution in [2.24, 2.45) is 0 Å². The van der Waals surface area contributed by atoms with E-state index in [4.69, 9.17) is 18.6 Å². The van der Waals surface area contributed by atoms with Gasteiger partial charge in [0.15, 0.2) is 17.3 Å². The van der Waals surface area contributed by atoms with E-state index >= 15 is 0 Å². The molecule has 9 nitrogen and oxygen atoms in total. The van der Waals surface area contributed by atoms with E-state index in [1.54, 1.807) is 42.5 Å². The van der Waals surface area contributed by atoms with Crippen LogP contribution in [0.5, 0.6) is 17.2 Å². The van der Waals surface area contributed by atoms with E-state index in [1.165, 1.54) is 27.4 Å². The van der Waals surface area contributed by atoms with Crippen LogP contribution in [0.4, 0.5) is 5.69 Å². The molecule has 194 valence electrons. The maximum absolute atomic E-state index is 12.7. The first kappa shape index (κ1) is 26.5. The second kappa shape index (κ2) is 12.6. The van der Waals surface area contributed by atoms with Crippen molar-refractivity contribution in [2.75, 3.05) is 32.4 Å². The van der Waals surface area contributed by atoms with Crippen LogP contribution in [-0.4, -0.2) is 49.0 Å². The van der Waals surface area contributed by atoms with Gasteiger partial charge in [-0.25, -0.2) is 0 Å². The number of rotatable bonds is 11. The largest absolute Gasteiger partial charge is 0.493 e. The smallest absolute Gasteiger partial charge is 0.277 e. The monoisotopic (exact) mass is 531 g/mol. The molecule has 38 heavy (non-hydrogen) atoms. The molecule has 0 bridgehead atoms. The van der Waals surface area contributed by atoms with Crippen molar-refractivity contribution < 1.29 is 28.2 Å². The Labute approximate surface area is 223 Å². The van der Waals surface area contributed by atoms with Gasteiger partial charge in [0.2, 0.25) is 17.5 Å². The molecule has 0 unspecified atom stereocenters. The fourth-order valence-electron chi connectivity index (χ4n) is 3.47. The Morgan fingerprint density at radius 3 is 2.24 bits per heavy atom. The van der Waals surface area contributed by atoms with Gasteiger partial charge in [-0.05, 0) is 60.2 Å². The first-order valence-electron chi connectivity index (χ1n) is 11.4. The minimum Gasteiger partial charge on any atom is -0.493 e. The van der Waals surface area contributed by atoms with Gasteiger partial charge < -0.3 is 23.9 Å². The summed E-state index contributed by atoms with van der Waals surface area (Å²) in [6.45, 7) is 0. The number of allylic oxidation sites excluding steroid dienone is 1. The lowest BCUT2D eigenvalue weighted by Gasteiger charge is -2.12. The van der Waals surface area contributed by atoms with Crippen LogP contribution >= 0.6 is 11.8 Å². The highest BCUT2D eigenvalue weighted by atomic mass is 32.2. The van der Waals surface area contributed by atoms with Crippen LogP contribution in [0.15, 0.2) is 82.4 Å². The lowest BCUT2D eigenvalue weighted by atomic mass is 10.1. The van der Waals surface area contributed by atoms with Crippen molar-refractivity contribution in [3.05, 3.63) is 83.9 Å². The number of anilines is 1. The number of hydrogen-bond donors (Lipinski definition) is 1. The third-order valence-electron chi connectivity index (χ3n) is 5.32. The minimum atomic E-state index is -0.240. The van der Waals surface area contributed by atoms with Crippen LogP contribution in [0.25, 0.3) is 17.5 Å². The van der Waals surface area contributed by atoms with Crippen LogP contribution in [0, 0.1) is 0 Å². The molecule has 1 N–H and O–H groups in total. The lowest BCUT2D eigenvalue weighted by molar-refractivity contribution is -0.113. The molecule has 0 spiro atoms. The number of ether oxygens (including phenoxy) is 3. The molecule has 0 saturated carbocycles. The molecule has 3 aromatic carbocycles. The molecule has 0 radical (unpaired) electrons. The summed E-state index contributed by atoms with van der Waals surface area (Å²) < 4.78 is 21.6. The number of thioether (sulfide) groups is 1. The lowest BCUT2D eigenvalue weighted by Crippen LogP contribution is -2.14. The van der Waals surface area contributed by atoms with E-state index in [2.05, 4.69) is 15.5 Å². The molecule has 0 atom stereocenters. The molecule has 0 saturated heterocycles. The standard InChI is InChI=1S/C28H25N3O6S/c1-34-23-15-18(16-24(35-2)26(23)36-3)9-14-22(32)19-10-12-21(13-11-19)29-25(33)17-38-28-31-30-27(37-28)20-7-5-4-6-8-20/h4-16H,17H2,1-3H3,(H,29,33)/b14-9+. The number of aromatic nitrogens is 2. The molecule has 1 aromatic heterocycles. The van der Waals surface area contributed by atoms with Crippen LogP contribution in [0.2, 0.25) is 0 Å². The summed E-state index contributed by atoms with van der Waals surface area (Å²) in [7, 11) is 4.59. The Kier molecular flexibility index (Phi) is 8.78. The zero-order chi connectivity index (χ0) is 26.9. The Morgan fingerprint density at radius 2 is 1.61 bits per heavy atom. The minimum absolute atomic E-state index is 0.0919. The molecule has 10 heteroatoms. The third kappa shape index (κ3) is 6.60. The van der Waals surface area contributed by atoms with Gasteiger partial charge in [0.05, 0.1) is 27.1 Å². The van der Waals surface area contributed by atoms with E-state index in [9.17, 15) is 9.59 Å². The molecular formula is C28H25N3O6S. The van der Waals surface area contributed by atoms with E-state index in [-0.39, 0.29) is 17.4 Å². The molecule has 0 fully saturated rings. The number of benzene rings is 3. The van der Waals surface area contributed by atoms with Gasteiger partial charge in [0.25, 0.3) is 5.22 Å². The van der Waals surface area contributed by atoms with Gasteiger partial charge >= 0.3 is 0 Å². The van der Waals surface area contributed by atoms with Crippen molar-refractivity contribution in [3.8, 4) is 28.7 Å². The van der Waals surface area contributed by atoms with E-state index < -0.39 is 0 Å². The quantitative estimate of drug-likeness (QED) is 0.155. The van der Waals surface area contributed by atoms with Crippen molar-refractivity contribution in [3.63, 3.8) is 0 Å². The Morgan fingerprint density at radius 1 is 0.921 bits per heavy atom. The number of hydrogen-bond acceptors (Lipinski definition) is 9. The molecule has 0 aliphatic carbocycles. The molecule has 1 heterocycles. The van der Waals surface area contributed by atoms with Crippen LogP contribution in [0.1, 0.15) is 15.9 Å². The molecule has 4 aromatic rings. The summed E-state index contributed by atoms with van der Waals surface area (Å²) >= 11 is 1.14. The molecule has 0 aliphatic rings. The topological polar surface area (TPSA) is 113 Å². The van der Waals surface area contributed by atoms with Gasteiger partial charge in [-0.2, -0.15) is 0 Å². The summed E-state index contributed by atoms with van der Waals surface area (Å²) in [5.41, 5.74) is 2.56. The summed E-state index contributed by atoms with van der Waals surface area (Å²) in [6.07, 6.45) is 3.12. The Bertz CT molecular complexity index is 1410. The van der Waals surface area contributed by atoms with Gasteiger partial charge in [-0.15, -0.1) is 10.2 Å². The predicted octanol–water partition coefficient (Wildman–Crippen LogP) is 5.39. The highest BCUT2D eigenvalue weighted by molar-refractivity contribution is 7.99. The molecule has 4 rings (SSSR count). The second-order valence-electron chi connectivity index (χ2n) is 7.81. The number of ketones is 1. The van der Waals surface area contributed by atoms with E-state index in [0.717, 1.165) is 17.3 Å². The second-order valence-corrected chi connectivity index (χ2v) is 8.74. The summed E-state index contributed by atoms with van der Waals surface area (Å²) in [5, 5.41) is 11.1. The van der Waals surface area contributed by atoms with Crippen molar-refractivity contribution in [1.29, 1.82) is 0 Å². The first-order chi connectivity index (χ1) is 18.5. The van der Waals surface area contributed by atoms with Gasteiger partial charge in [-0.1, -0.05) is 36.0 Å². The highest BCUT2D eigenvalue weighted by Gasteiger charge is 2.13. The molecule has 1 amide bonds. The van der Waals surface area contributed by atoms with Crippen LogP contribution < -0.4 is 19.5 Å². The SMILES string of the molecule is COc1cc(/C=C/C(=O)c2ccc(NC(=O)CSc3nnc(-c4ccccc4)o3)cc2)cc(OC)c1OC. The maximum Gasteiger partial charge on any atom is 0.277 e. The van der Waals surface area contributed by atoms with E-state index in [1.807, 2.05) is 30.3 Å². The predicted molar refractivity (Wildman–Crippen MR) is 145 cm³/mol. The number of methoxy groups -OCH3 is 3. The first-order valence-corrected chi connectivity index (χ1v) is 12.4. The maximum atomic E-state index is 12.7. The Balaban J connectivity index is 1.32. The summed E-state index contributed by atoms with van der Waals surface area (Å²) in [5.74, 6) is 1.51. The normalized spacial score (nSPS) is 10.8. The molecule has 0 aliphatic heterocycles. The highest BCUT2D eigenvalue weighted by Crippen LogP contribution is 2.38. The van der Waals surface area contributed by atoms with Crippen molar-refractivity contribution in [2.45, 2.75) is 5.22 Å². The molecular weight excluding hydrogens is 506 g/mol. The number of carbonyl (C=O) groups excluding carboxylic acids is 2. The third-order valence-corrected chi connectivity index (χ3v) is 6.14. The zero-order valence-electron chi connectivity index (χ0n) is 21.0. The van der Waals surface area contributed by atoms with Gasteiger partial charge in [0.1, 0.15) is 0 Å². The Hall–Kier alpha value is -4.57. The number of amides is 1. The van der Waals surface area contributed by atoms with E-state index in [0.29, 0.717) is 45.2 Å². The summed E-state index contributed by atoms with van der Waals surface area (Å²) in [6, 6.07) is 19.5. The van der Waals surface area contributed by atoms with Crippen LogP contribution in [-0.2, 0) is 4.79 Å². The van der Waals surface area contributed by atoms with Gasteiger partial charge in [-0.3, -0.25) is 9.59 Å². The fourth-order valence-corrected chi connectivity index (χ4v) is 4.04. The number of nitrogens with zero attached hydrogens (tertiary/aromatic N) is 2. The number of nitrogens with one attached hydrogen (secondary N) is 1.